The lowest BCUT2D eigenvalue weighted by Gasteiger charge is -2.44. The Bertz CT molecular complexity index is 2700. The van der Waals surface area contributed by atoms with E-state index in [9.17, 15) is 0 Å². The number of aromatic nitrogens is 2. The highest BCUT2D eigenvalue weighted by atomic mass is 32.2. The minimum absolute atomic E-state index is 0.0557. The SMILES string of the molecule is CCC1(C)c2ccc(-n3c4c(c5ccccc53)CCCC4)cc2B2c3ccc(-n4c5c(c6ccccc64)CCCC5)cc3Sc3cc(C(C)(C)C)cc1c32. The van der Waals surface area contributed by atoms with E-state index in [1.165, 1.54) is 121 Å². The largest absolute Gasteiger partial charge is 0.313 e. The molecule has 5 aromatic carbocycles. The Morgan fingerprint density at radius 2 is 1.22 bits per heavy atom. The molecule has 268 valence electrons. The van der Waals surface area contributed by atoms with Crippen LogP contribution in [-0.2, 0) is 36.5 Å². The molecule has 0 fully saturated rings. The van der Waals surface area contributed by atoms with Crippen molar-refractivity contribution in [1.82, 2.24) is 9.13 Å². The molecule has 4 aliphatic rings. The van der Waals surface area contributed by atoms with Crippen LogP contribution in [0.2, 0.25) is 0 Å². The van der Waals surface area contributed by atoms with Crippen molar-refractivity contribution in [2.45, 2.75) is 113 Å². The second-order valence-corrected chi connectivity index (χ2v) is 19.0. The van der Waals surface area contributed by atoms with Crippen LogP contribution in [0.1, 0.15) is 106 Å². The summed E-state index contributed by atoms with van der Waals surface area (Å²) in [5.74, 6) is 0. The van der Waals surface area contributed by atoms with Crippen molar-refractivity contribution < 1.29 is 0 Å². The van der Waals surface area contributed by atoms with E-state index in [0.29, 0.717) is 0 Å². The molecule has 2 aromatic heterocycles. The predicted molar refractivity (Wildman–Crippen MR) is 230 cm³/mol. The summed E-state index contributed by atoms with van der Waals surface area (Å²) in [6.07, 6.45) is 10.9. The van der Waals surface area contributed by atoms with E-state index in [1.54, 1.807) is 16.6 Å². The molecular formula is C50H49BN2S. The Labute approximate surface area is 325 Å². The van der Waals surface area contributed by atoms with Crippen molar-refractivity contribution in [3.8, 4) is 11.4 Å². The molecule has 1 unspecified atom stereocenters. The van der Waals surface area contributed by atoms with Gasteiger partial charge >= 0.3 is 0 Å². The number of rotatable bonds is 3. The number of aryl methyl sites for hydroxylation is 2. The summed E-state index contributed by atoms with van der Waals surface area (Å²) in [4.78, 5) is 2.86. The zero-order valence-corrected chi connectivity index (χ0v) is 33.3. The number of benzene rings is 5. The molecule has 0 saturated carbocycles. The van der Waals surface area contributed by atoms with Crippen molar-refractivity contribution in [3.63, 3.8) is 0 Å². The van der Waals surface area contributed by atoms with Crippen LogP contribution in [0.25, 0.3) is 33.2 Å². The second-order valence-electron chi connectivity index (χ2n) is 17.9. The maximum atomic E-state index is 2.63. The quantitative estimate of drug-likeness (QED) is 0.165. The van der Waals surface area contributed by atoms with Gasteiger partial charge in [-0.15, -0.1) is 0 Å². The lowest BCUT2D eigenvalue weighted by Crippen LogP contribution is -2.63. The van der Waals surface area contributed by atoms with Crippen molar-refractivity contribution in [3.05, 3.63) is 136 Å². The zero-order valence-electron chi connectivity index (χ0n) is 32.5. The predicted octanol–water partition coefficient (Wildman–Crippen LogP) is 10.6. The van der Waals surface area contributed by atoms with Crippen LogP contribution in [0.5, 0.6) is 0 Å². The fraction of sp³-hybridized carbons (Fsp3) is 0.320. The Hall–Kier alpha value is -4.41. The molecule has 2 nitrogen and oxygen atoms in total. The molecule has 2 aliphatic carbocycles. The van der Waals surface area contributed by atoms with Gasteiger partial charge in [0.25, 0.3) is 0 Å². The van der Waals surface area contributed by atoms with E-state index in [4.69, 9.17) is 0 Å². The van der Waals surface area contributed by atoms with Gasteiger partial charge in [-0.2, -0.15) is 0 Å². The zero-order chi connectivity index (χ0) is 36.5. The lowest BCUT2D eigenvalue weighted by molar-refractivity contribution is 0.543. The summed E-state index contributed by atoms with van der Waals surface area (Å²) >= 11 is 2.02. The fourth-order valence-corrected chi connectivity index (χ4v) is 12.3. The molecule has 11 rings (SSSR count). The van der Waals surface area contributed by atoms with E-state index in [0.717, 1.165) is 19.3 Å². The molecule has 4 heteroatoms. The van der Waals surface area contributed by atoms with Crippen LogP contribution in [-0.4, -0.2) is 15.8 Å². The summed E-state index contributed by atoms with van der Waals surface area (Å²) in [5.41, 5.74) is 20.5. The van der Waals surface area contributed by atoms with E-state index in [-0.39, 0.29) is 17.5 Å². The second kappa shape index (κ2) is 11.8. The molecule has 0 saturated heterocycles. The summed E-state index contributed by atoms with van der Waals surface area (Å²) in [7, 11) is 0. The molecule has 7 aromatic rings. The number of nitrogens with zero attached hydrogens (tertiary/aromatic N) is 2. The van der Waals surface area contributed by atoms with Gasteiger partial charge in [0, 0.05) is 48.7 Å². The third-order valence-electron chi connectivity index (χ3n) is 13.9. The monoisotopic (exact) mass is 720 g/mol. The normalized spacial score (nSPS) is 18.6. The number of para-hydroxylation sites is 2. The highest BCUT2D eigenvalue weighted by molar-refractivity contribution is 8.00. The van der Waals surface area contributed by atoms with Crippen LogP contribution < -0.4 is 16.4 Å². The highest BCUT2D eigenvalue weighted by Crippen LogP contribution is 2.45. The minimum Gasteiger partial charge on any atom is -0.313 e. The van der Waals surface area contributed by atoms with Crippen LogP contribution in [0.4, 0.5) is 0 Å². The van der Waals surface area contributed by atoms with Gasteiger partial charge in [0.15, 0.2) is 0 Å². The van der Waals surface area contributed by atoms with Gasteiger partial charge in [0.1, 0.15) is 0 Å². The molecule has 0 N–H and O–H groups in total. The number of fused-ring (bicyclic) bond motifs is 10. The summed E-state index contributed by atoms with van der Waals surface area (Å²) < 4.78 is 5.24. The Morgan fingerprint density at radius 1 is 0.630 bits per heavy atom. The standard InChI is InChI=1S/C50H49BN2S/c1-6-50(5)38-25-23-32(52-42-19-11-7-15-34(42)35-16-8-12-20-43(35)52)29-41(38)51-40-26-24-33(53-44-21-13-9-17-36(44)37-18-10-14-22-45(37)53)30-46(40)54-47-28-31(49(2,3)4)27-39(50)48(47)51/h7,9,11,13,15,17,19,21,23-30H,6,8,10,12,14,16,18,20,22H2,1-5H3. The topological polar surface area (TPSA) is 9.86 Å². The van der Waals surface area contributed by atoms with E-state index in [2.05, 4.69) is 141 Å². The molecule has 0 amide bonds. The maximum Gasteiger partial charge on any atom is 0.245 e. The highest BCUT2D eigenvalue weighted by Gasteiger charge is 2.46. The van der Waals surface area contributed by atoms with Gasteiger partial charge in [-0.1, -0.05) is 117 Å². The molecule has 4 heterocycles. The molecular weight excluding hydrogens is 671 g/mol. The summed E-state index contributed by atoms with van der Waals surface area (Å²) in [6.45, 7) is 12.3. The molecule has 0 radical (unpaired) electrons. The smallest absolute Gasteiger partial charge is 0.245 e. The van der Waals surface area contributed by atoms with Crippen molar-refractivity contribution in [1.29, 1.82) is 0 Å². The number of hydrogen-bond acceptors (Lipinski definition) is 1. The molecule has 0 spiro atoms. The van der Waals surface area contributed by atoms with Gasteiger partial charge in [0.2, 0.25) is 6.71 Å². The first-order valence-electron chi connectivity index (χ1n) is 20.6. The van der Waals surface area contributed by atoms with Crippen LogP contribution in [0.15, 0.2) is 107 Å². The Balaban J connectivity index is 1.16. The van der Waals surface area contributed by atoms with E-state index >= 15 is 0 Å². The first-order valence-corrected chi connectivity index (χ1v) is 21.4. The van der Waals surface area contributed by atoms with Gasteiger partial charge in [-0.05, 0) is 133 Å². The Kier molecular flexibility index (Phi) is 7.20. The fourth-order valence-electron chi connectivity index (χ4n) is 11.0. The third kappa shape index (κ3) is 4.56. The minimum atomic E-state index is -0.0744. The van der Waals surface area contributed by atoms with Crippen LogP contribution in [0, 0.1) is 0 Å². The lowest BCUT2D eigenvalue weighted by atomic mass is 9.31. The average Bonchev–Trinajstić information content (AvgIpc) is 3.71. The van der Waals surface area contributed by atoms with Crippen molar-refractivity contribution in [2.75, 3.05) is 0 Å². The summed E-state index contributed by atoms with van der Waals surface area (Å²) in [5, 5.41) is 2.88. The molecule has 54 heavy (non-hydrogen) atoms. The number of hydrogen-bond donors (Lipinski definition) is 0. The summed E-state index contributed by atoms with van der Waals surface area (Å²) in [6, 6.07) is 38.5. The molecule has 0 bridgehead atoms. The third-order valence-corrected chi connectivity index (χ3v) is 15.1. The molecule has 2 aliphatic heterocycles. The van der Waals surface area contributed by atoms with Crippen LogP contribution in [0.3, 0.4) is 0 Å². The van der Waals surface area contributed by atoms with Gasteiger partial charge in [-0.25, -0.2) is 0 Å². The van der Waals surface area contributed by atoms with Crippen molar-refractivity contribution >= 4 is 56.7 Å². The van der Waals surface area contributed by atoms with E-state index in [1.807, 2.05) is 11.8 Å². The first-order chi connectivity index (χ1) is 26.2. The van der Waals surface area contributed by atoms with Crippen molar-refractivity contribution in [2.24, 2.45) is 0 Å². The molecule has 1 atom stereocenters. The first kappa shape index (κ1) is 33.0. The van der Waals surface area contributed by atoms with Gasteiger partial charge in [-0.3, -0.25) is 0 Å². The average molecular weight is 721 g/mol. The maximum absolute atomic E-state index is 2.63. The van der Waals surface area contributed by atoms with Gasteiger partial charge in [0.05, 0.1) is 11.0 Å². The Morgan fingerprint density at radius 3 is 1.85 bits per heavy atom. The van der Waals surface area contributed by atoms with Crippen LogP contribution >= 0.6 is 11.8 Å². The van der Waals surface area contributed by atoms with E-state index < -0.39 is 0 Å². The van der Waals surface area contributed by atoms with Gasteiger partial charge < -0.3 is 9.13 Å².